The summed E-state index contributed by atoms with van der Waals surface area (Å²) < 4.78 is 24.0. The summed E-state index contributed by atoms with van der Waals surface area (Å²) in [5.41, 5.74) is 1.45. The van der Waals surface area contributed by atoms with Crippen LogP contribution in [0.25, 0.3) is 10.8 Å². The fraction of sp³-hybridized carbons (Fsp3) is 0.227. The molecule has 1 saturated heterocycles. The summed E-state index contributed by atoms with van der Waals surface area (Å²) in [6.07, 6.45) is 2.94. The van der Waals surface area contributed by atoms with Crippen molar-refractivity contribution in [2.75, 3.05) is 18.1 Å². The van der Waals surface area contributed by atoms with Crippen molar-refractivity contribution in [1.82, 2.24) is 4.90 Å². The summed E-state index contributed by atoms with van der Waals surface area (Å²) in [6.45, 7) is 0.640. The van der Waals surface area contributed by atoms with Crippen molar-refractivity contribution in [1.29, 1.82) is 0 Å². The highest BCUT2D eigenvalue weighted by atomic mass is 32.2. The zero-order valence-corrected chi connectivity index (χ0v) is 16.4. The van der Waals surface area contributed by atoms with Crippen molar-refractivity contribution in [3.05, 3.63) is 72.3 Å². The van der Waals surface area contributed by atoms with Crippen molar-refractivity contribution in [3.63, 3.8) is 0 Å². The summed E-state index contributed by atoms with van der Waals surface area (Å²) >= 11 is 0. The number of sulfone groups is 1. The number of rotatable bonds is 3. The van der Waals surface area contributed by atoms with Gasteiger partial charge in [0.05, 0.1) is 16.6 Å². The smallest absolute Gasteiger partial charge is 0.317 e. The highest BCUT2D eigenvalue weighted by molar-refractivity contribution is 7.90. The van der Waals surface area contributed by atoms with Gasteiger partial charge in [0, 0.05) is 12.8 Å². The molecule has 0 radical (unpaired) electrons. The van der Waals surface area contributed by atoms with Crippen LogP contribution in [0.5, 0.6) is 0 Å². The number of para-hydroxylation sites is 1. The van der Waals surface area contributed by atoms with Crippen LogP contribution in [0.2, 0.25) is 0 Å². The summed E-state index contributed by atoms with van der Waals surface area (Å²) in [5, 5.41) is 5.11. The highest BCUT2D eigenvalue weighted by Gasteiger charge is 2.31. The van der Waals surface area contributed by atoms with Crippen molar-refractivity contribution in [2.45, 2.75) is 23.8 Å². The minimum Gasteiger partial charge on any atom is -0.317 e. The molecule has 3 aromatic carbocycles. The molecule has 5 nitrogen and oxygen atoms in total. The molecule has 4 rings (SSSR count). The molecule has 144 valence electrons. The fourth-order valence-corrected chi connectivity index (χ4v) is 4.80. The average Bonchev–Trinajstić information content (AvgIpc) is 3.17. The molecular formula is C22H22N2O3S. The van der Waals surface area contributed by atoms with Gasteiger partial charge in [0.25, 0.3) is 0 Å². The maximum absolute atomic E-state index is 13.0. The molecule has 1 aliphatic heterocycles. The van der Waals surface area contributed by atoms with Crippen molar-refractivity contribution in [3.8, 4) is 0 Å². The predicted molar refractivity (Wildman–Crippen MR) is 111 cm³/mol. The lowest BCUT2D eigenvalue weighted by molar-refractivity contribution is 0.207. The van der Waals surface area contributed by atoms with Crippen LogP contribution < -0.4 is 5.32 Å². The van der Waals surface area contributed by atoms with E-state index >= 15 is 0 Å². The Morgan fingerprint density at radius 3 is 2.54 bits per heavy atom. The Morgan fingerprint density at radius 1 is 1.00 bits per heavy atom. The lowest BCUT2D eigenvalue weighted by Crippen LogP contribution is -2.34. The van der Waals surface area contributed by atoms with Crippen LogP contribution in [-0.4, -0.2) is 32.1 Å². The normalized spacial score (nSPS) is 17.0. The van der Waals surface area contributed by atoms with E-state index in [1.807, 2.05) is 18.2 Å². The van der Waals surface area contributed by atoms with E-state index in [9.17, 15) is 13.2 Å². The number of fused-ring (bicyclic) bond motifs is 1. The molecule has 0 aliphatic carbocycles. The van der Waals surface area contributed by atoms with Crippen LogP contribution in [-0.2, 0) is 9.84 Å². The van der Waals surface area contributed by atoms with E-state index in [2.05, 4.69) is 29.6 Å². The lowest BCUT2D eigenvalue weighted by Gasteiger charge is -2.26. The number of carbonyl (C=O) groups is 1. The molecule has 0 bridgehead atoms. The molecule has 1 atom stereocenters. The van der Waals surface area contributed by atoms with Crippen molar-refractivity contribution < 1.29 is 13.2 Å². The number of amides is 2. The summed E-state index contributed by atoms with van der Waals surface area (Å²) in [5.74, 6) is 0. The van der Waals surface area contributed by atoms with Gasteiger partial charge < -0.3 is 10.2 Å². The van der Waals surface area contributed by atoms with Crippen LogP contribution >= 0.6 is 0 Å². The summed E-state index contributed by atoms with van der Waals surface area (Å²) in [6, 6.07) is 20.5. The number of likely N-dealkylation sites (tertiary alicyclic amines) is 1. The number of carbonyl (C=O) groups excluding carboxylic acids is 1. The van der Waals surface area contributed by atoms with Gasteiger partial charge in [-0.1, -0.05) is 54.6 Å². The standard InChI is InChI=1S/C22H22N2O3S/c1-28(26,27)21-14-5-4-12-19(21)23-22(25)24-15-7-13-20(24)18-11-6-9-16-8-2-3-10-17(16)18/h2-6,8-12,14,20H,7,13,15H2,1H3,(H,23,25). The van der Waals surface area contributed by atoms with Gasteiger partial charge >= 0.3 is 6.03 Å². The largest absolute Gasteiger partial charge is 0.322 e. The molecule has 1 heterocycles. The number of anilines is 1. The third kappa shape index (κ3) is 3.47. The first kappa shape index (κ1) is 18.5. The molecule has 2 amide bonds. The van der Waals surface area contributed by atoms with Gasteiger partial charge in [0.15, 0.2) is 9.84 Å². The van der Waals surface area contributed by atoms with Gasteiger partial charge in [0.2, 0.25) is 0 Å². The third-order valence-electron chi connectivity index (χ3n) is 5.22. The number of nitrogens with zero attached hydrogens (tertiary/aromatic N) is 1. The second-order valence-electron chi connectivity index (χ2n) is 7.12. The first-order valence-corrected chi connectivity index (χ1v) is 11.2. The van der Waals surface area contributed by atoms with E-state index in [1.165, 1.54) is 6.07 Å². The third-order valence-corrected chi connectivity index (χ3v) is 6.38. The van der Waals surface area contributed by atoms with E-state index in [-0.39, 0.29) is 17.0 Å². The molecule has 0 saturated carbocycles. The molecule has 0 spiro atoms. The van der Waals surface area contributed by atoms with Gasteiger partial charge in [0.1, 0.15) is 0 Å². The summed E-state index contributed by atoms with van der Waals surface area (Å²) in [4.78, 5) is 15.0. The number of hydrogen-bond donors (Lipinski definition) is 1. The monoisotopic (exact) mass is 394 g/mol. The van der Waals surface area contributed by atoms with Crippen LogP contribution in [0.15, 0.2) is 71.6 Å². The van der Waals surface area contributed by atoms with Crippen LogP contribution in [0.4, 0.5) is 10.5 Å². The minimum absolute atomic E-state index is 0.0310. The van der Waals surface area contributed by atoms with Gasteiger partial charge in [-0.2, -0.15) is 0 Å². The van der Waals surface area contributed by atoms with Gasteiger partial charge in [-0.25, -0.2) is 13.2 Å². The fourth-order valence-electron chi connectivity index (χ4n) is 3.95. The molecule has 1 N–H and O–H groups in total. The number of urea groups is 1. The maximum atomic E-state index is 13.0. The number of nitrogens with one attached hydrogen (secondary N) is 1. The van der Waals surface area contributed by atoms with E-state index in [0.29, 0.717) is 12.2 Å². The molecule has 6 heteroatoms. The highest BCUT2D eigenvalue weighted by Crippen LogP contribution is 2.36. The summed E-state index contributed by atoms with van der Waals surface area (Å²) in [7, 11) is -3.43. The minimum atomic E-state index is -3.43. The molecule has 28 heavy (non-hydrogen) atoms. The number of benzene rings is 3. The van der Waals surface area contributed by atoms with E-state index in [0.717, 1.165) is 35.4 Å². The molecule has 1 unspecified atom stereocenters. The Hall–Kier alpha value is -2.86. The Bertz CT molecular complexity index is 1140. The average molecular weight is 394 g/mol. The first-order chi connectivity index (χ1) is 13.4. The predicted octanol–water partition coefficient (Wildman–Crippen LogP) is 4.61. The van der Waals surface area contributed by atoms with Crippen LogP contribution in [0.1, 0.15) is 24.4 Å². The lowest BCUT2D eigenvalue weighted by atomic mass is 9.97. The van der Waals surface area contributed by atoms with Crippen LogP contribution in [0.3, 0.4) is 0 Å². The first-order valence-electron chi connectivity index (χ1n) is 9.29. The van der Waals surface area contributed by atoms with E-state index in [4.69, 9.17) is 0 Å². The Labute approximate surface area is 164 Å². The number of hydrogen-bond acceptors (Lipinski definition) is 3. The quantitative estimate of drug-likeness (QED) is 0.705. The van der Waals surface area contributed by atoms with E-state index < -0.39 is 9.84 Å². The Kier molecular flexibility index (Phi) is 4.81. The molecule has 0 aromatic heterocycles. The van der Waals surface area contributed by atoms with Gasteiger partial charge in [-0.3, -0.25) is 0 Å². The molecule has 3 aromatic rings. The topological polar surface area (TPSA) is 66.5 Å². The second kappa shape index (κ2) is 7.28. The Balaban J connectivity index is 1.65. The zero-order valence-electron chi connectivity index (χ0n) is 15.6. The van der Waals surface area contributed by atoms with Crippen molar-refractivity contribution >= 4 is 32.3 Å². The Morgan fingerprint density at radius 2 is 1.71 bits per heavy atom. The SMILES string of the molecule is CS(=O)(=O)c1ccccc1NC(=O)N1CCCC1c1cccc2ccccc12. The zero-order chi connectivity index (χ0) is 19.7. The van der Waals surface area contributed by atoms with Gasteiger partial charge in [-0.15, -0.1) is 0 Å². The van der Waals surface area contributed by atoms with Crippen molar-refractivity contribution in [2.24, 2.45) is 0 Å². The second-order valence-corrected chi connectivity index (χ2v) is 9.10. The van der Waals surface area contributed by atoms with Gasteiger partial charge in [-0.05, 0) is 41.3 Å². The molecule has 1 aliphatic rings. The van der Waals surface area contributed by atoms with Crippen LogP contribution in [0, 0.1) is 0 Å². The molecular weight excluding hydrogens is 372 g/mol. The molecule has 1 fully saturated rings. The maximum Gasteiger partial charge on any atom is 0.322 e. The van der Waals surface area contributed by atoms with E-state index in [1.54, 1.807) is 23.1 Å².